The number of aldehydes is 1. The standard InChI is InChI=1S/C18H28N4O5S/c1-21(2)16(25)5-6-22(7-8-23)10-15(24)13(9-12-3-4-12)19-17(26)14-11-28-18(27)20-14/h8,12-14H,3-7,9-11H2,1-2H3,(H,19,26)(H,20,27)/t13-,14-/m0/s1. The van der Waals surface area contributed by atoms with Crippen molar-refractivity contribution in [1.82, 2.24) is 20.4 Å². The molecule has 1 saturated heterocycles. The lowest BCUT2D eigenvalue weighted by atomic mass is 10.0. The van der Waals surface area contributed by atoms with Gasteiger partial charge in [0.15, 0.2) is 5.78 Å². The number of amides is 3. The van der Waals surface area contributed by atoms with Crippen LogP contribution in [0.3, 0.4) is 0 Å². The second-order valence-electron chi connectivity index (χ2n) is 7.44. The fourth-order valence-corrected chi connectivity index (χ4v) is 3.68. The fraction of sp³-hybridized carbons (Fsp3) is 0.722. The average molecular weight is 413 g/mol. The summed E-state index contributed by atoms with van der Waals surface area (Å²) in [5, 5.41) is 5.10. The molecule has 10 heteroatoms. The summed E-state index contributed by atoms with van der Waals surface area (Å²) in [6, 6.07) is -1.28. The molecular formula is C18H28N4O5S. The van der Waals surface area contributed by atoms with Crippen LogP contribution in [0.15, 0.2) is 0 Å². The Morgan fingerprint density at radius 3 is 2.57 bits per heavy atom. The molecular weight excluding hydrogens is 384 g/mol. The number of carbonyl (C=O) groups excluding carboxylic acids is 5. The number of Topliss-reactive ketones (excluding diaryl/α,β-unsaturated/α-hetero) is 1. The van der Waals surface area contributed by atoms with Crippen LogP contribution in [-0.2, 0) is 19.2 Å². The smallest absolute Gasteiger partial charge is 0.279 e. The van der Waals surface area contributed by atoms with Crippen molar-refractivity contribution in [2.24, 2.45) is 5.92 Å². The number of carbonyl (C=O) groups is 5. The first-order chi connectivity index (χ1) is 13.3. The number of hydrogen-bond acceptors (Lipinski definition) is 7. The Morgan fingerprint density at radius 2 is 2.04 bits per heavy atom. The van der Waals surface area contributed by atoms with Gasteiger partial charge in [-0.25, -0.2) is 0 Å². The molecule has 9 nitrogen and oxygen atoms in total. The first-order valence-electron chi connectivity index (χ1n) is 9.42. The maximum Gasteiger partial charge on any atom is 0.279 e. The third kappa shape index (κ3) is 7.23. The van der Waals surface area contributed by atoms with E-state index in [1.165, 1.54) is 4.90 Å². The van der Waals surface area contributed by atoms with E-state index in [0.29, 0.717) is 30.9 Å². The van der Waals surface area contributed by atoms with Gasteiger partial charge in [0.2, 0.25) is 11.8 Å². The molecule has 2 aliphatic rings. The van der Waals surface area contributed by atoms with Gasteiger partial charge in [0.25, 0.3) is 5.24 Å². The Bertz CT molecular complexity index is 623. The Balaban J connectivity index is 1.93. The molecule has 1 aliphatic heterocycles. The topological polar surface area (TPSA) is 116 Å². The van der Waals surface area contributed by atoms with Crippen molar-refractivity contribution in [2.75, 3.05) is 39.5 Å². The minimum atomic E-state index is -0.652. The highest BCUT2D eigenvalue weighted by Crippen LogP contribution is 2.33. The van der Waals surface area contributed by atoms with Gasteiger partial charge >= 0.3 is 0 Å². The van der Waals surface area contributed by atoms with Gasteiger partial charge in [-0.3, -0.25) is 24.1 Å². The molecule has 0 aromatic heterocycles. The second-order valence-corrected chi connectivity index (χ2v) is 8.43. The first-order valence-corrected chi connectivity index (χ1v) is 10.4. The van der Waals surface area contributed by atoms with Crippen molar-refractivity contribution >= 4 is 40.9 Å². The third-order valence-electron chi connectivity index (χ3n) is 4.81. The molecule has 2 rings (SSSR count). The molecule has 28 heavy (non-hydrogen) atoms. The molecule has 2 N–H and O–H groups in total. The van der Waals surface area contributed by atoms with E-state index in [1.54, 1.807) is 19.0 Å². The molecule has 1 heterocycles. The lowest BCUT2D eigenvalue weighted by Crippen LogP contribution is -2.51. The van der Waals surface area contributed by atoms with E-state index in [9.17, 15) is 24.0 Å². The van der Waals surface area contributed by atoms with E-state index in [4.69, 9.17) is 0 Å². The number of rotatable bonds is 12. The van der Waals surface area contributed by atoms with E-state index in [1.807, 2.05) is 0 Å². The van der Waals surface area contributed by atoms with E-state index in [2.05, 4.69) is 10.6 Å². The van der Waals surface area contributed by atoms with Gasteiger partial charge in [-0.2, -0.15) is 0 Å². The van der Waals surface area contributed by atoms with Crippen LogP contribution >= 0.6 is 11.8 Å². The van der Waals surface area contributed by atoms with Crippen LogP contribution < -0.4 is 10.6 Å². The maximum absolute atomic E-state index is 12.8. The molecule has 0 bridgehead atoms. The van der Waals surface area contributed by atoms with Gasteiger partial charge in [-0.15, -0.1) is 0 Å². The zero-order valence-electron chi connectivity index (χ0n) is 16.3. The van der Waals surface area contributed by atoms with Crippen molar-refractivity contribution in [3.05, 3.63) is 0 Å². The van der Waals surface area contributed by atoms with Crippen molar-refractivity contribution in [1.29, 1.82) is 0 Å². The Morgan fingerprint density at radius 1 is 1.32 bits per heavy atom. The van der Waals surface area contributed by atoms with Crippen molar-refractivity contribution in [2.45, 2.75) is 37.8 Å². The predicted octanol–water partition coefficient (Wildman–Crippen LogP) is -0.355. The summed E-state index contributed by atoms with van der Waals surface area (Å²) in [6.45, 7) is 0.329. The van der Waals surface area contributed by atoms with Crippen molar-refractivity contribution < 1.29 is 24.0 Å². The molecule has 0 aromatic rings. The lowest BCUT2D eigenvalue weighted by molar-refractivity contribution is -0.131. The minimum absolute atomic E-state index is 0.0110. The Hall–Kier alpha value is -1.94. The second kappa shape index (κ2) is 10.6. The van der Waals surface area contributed by atoms with Crippen LogP contribution in [0.25, 0.3) is 0 Å². The summed E-state index contributed by atoms with van der Waals surface area (Å²) in [7, 11) is 3.30. The van der Waals surface area contributed by atoms with E-state index in [-0.39, 0.29) is 42.3 Å². The molecule has 1 saturated carbocycles. The molecule has 0 unspecified atom stereocenters. The Labute approximate surface area is 168 Å². The van der Waals surface area contributed by atoms with E-state index in [0.717, 1.165) is 24.6 Å². The predicted molar refractivity (Wildman–Crippen MR) is 105 cm³/mol. The van der Waals surface area contributed by atoms with Gasteiger partial charge < -0.3 is 20.3 Å². The number of nitrogens with zero attached hydrogens (tertiary/aromatic N) is 2. The maximum atomic E-state index is 12.8. The summed E-state index contributed by atoms with van der Waals surface area (Å²) in [5.41, 5.74) is 0. The van der Waals surface area contributed by atoms with E-state index >= 15 is 0 Å². The van der Waals surface area contributed by atoms with Crippen LogP contribution in [-0.4, -0.2) is 90.5 Å². The first kappa shape index (κ1) is 22.4. The average Bonchev–Trinajstić information content (AvgIpc) is 3.36. The highest BCUT2D eigenvalue weighted by atomic mass is 32.2. The van der Waals surface area contributed by atoms with Crippen molar-refractivity contribution in [3.63, 3.8) is 0 Å². The third-order valence-corrected chi connectivity index (χ3v) is 5.69. The minimum Gasteiger partial charge on any atom is -0.349 e. The summed E-state index contributed by atoms with van der Waals surface area (Å²) >= 11 is 1.05. The van der Waals surface area contributed by atoms with Crippen LogP contribution in [0.2, 0.25) is 0 Å². The van der Waals surface area contributed by atoms with Gasteiger partial charge in [0.05, 0.1) is 19.1 Å². The zero-order valence-corrected chi connectivity index (χ0v) is 17.1. The van der Waals surface area contributed by atoms with Gasteiger partial charge in [-0.05, 0) is 12.3 Å². The number of ketones is 1. The summed E-state index contributed by atoms with van der Waals surface area (Å²) in [5.74, 6) is 0.134. The Kier molecular flexibility index (Phi) is 8.43. The van der Waals surface area contributed by atoms with Gasteiger partial charge in [-0.1, -0.05) is 24.6 Å². The van der Waals surface area contributed by atoms with Gasteiger partial charge in [0.1, 0.15) is 12.3 Å². The number of hydrogen-bond donors (Lipinski definition) is 2. The quantitative estimate of drug-likeness (QED) is 0.421. The largest absolute Gasteiger partial charge is 0.349 e. The van der Waals surface area contributed by atoms with Crippen LogP contribution in [0.4, 0.5) is 4.79 Å². The molecule has 0 aromatic carbocycles. The molecule has 2 atom stereocenters. The molecule has 156 valence electrons. The molecule has 2 fully saturated rings. The number of nitrogens with one attached hydrogen (secondary N) is 2. The van der Waals surface area contributed by atoms with Crippen molar-refractivity contribution in [3.8, 4) is 0 Å². The highest BCUT2D eigenvalue weighted by molar-refractivity contribution is 8.14. The SMILES string of the molecule is CN(C)C(=O)CCN(CC=O)CC(=O)[C@H](CC1CC1)NC(=O)[C@@H]1CSC(=O)N1. The number of thioether (sulfide) groups is 1. The molecule has 1 aliphatic carbocycles. The summed E-state index contributed by atoms with van der Waals surface area (Å²) in [6.07, 6.45) is 3.53. The summed E-state index contributed by atoms with van der Waals surface area (Å²) < 4.78 is 0. The van der Waals surface area contributed by atoms with Crippen LogP contribution in [0.5, 0.6) is 0 Å². The molecule has 3 amide bonds. The molecule has 0 spiro atoms. The summed E-state index contributed by atoms with van der Waals surface area (Å²) in [4.78, 5) is 62.3. The normalized spacial score (nSPS) is 19.8. The highest BCUT2D eigenvalue weighted by Gasteiger charge is 2.34. The zero-order chi connectivity index (χ0) is 20.7. The molecule has 0 radical (unpaired) electrons. The van der Waals surface area contributed by atoms with Crippen LogP contribution in [0, 0.1) is 5.92 Å². The monoisotopic (exact) mass is 412 g/mol. The van der Waals surface area contributed by atoms with E-state index < -0.39 is 12.1 Å². The fourth-order valence-electron chi connectivity index (χ4n) is 2.90. The van der Waals surface area contributed by atoms with Crippen LogP contribution in [0.1, 0.15) is 25.7 Å². The lowest BCUT2D eigenvalue weighted by Gasteiger charge is -2.24. The van der Waals surface area contributed by atoms with Gasteiger partial charge in [0, 0.05) is 32.8 Å².